The van der Waals surface area contributed by atoms with Gasteiger partial charge in [0.2, 0.25) is 0 Å². The summed E-state index contributed by atoms with van der Waals surface area (Å²) in [6.45, 7) is 4.75. The van der Waals surface area contributed by atoms with Gasteiger partial charge in [-0.2, -0.15) is 0 Å². The second-order valence-electron chi connectivity index (χ2n) is 10.2. The zero-order valence-electron chi connectivity index (χ0n) is 18.1. The van der Waals surface area contributed by atoms with Crippen molar-refractivity contribution in [3.63, 3.8) is 0 Å². The fraction of sp³-hybridized carbons (Fsp3) is 0.519. The monoisotopic (exact) mass is 404 g/mol. The Bertz CT molecular complexity index is 896. The Morgan fingerprint density at radius 3 is 2.27 bits per heavy atom. The molecule has 6 rings (SSSR count). The molecule has 4 aliphatic rings. The van der Waals surface area contributed by atoms with E-state index in [1.807, 2.05) is 30.3 Å². The van der Waals surface area contributed by atoms with Crippen molar-refractivity contribution >= 4 is 11.9 Å². The first kappa shape index (κ1) is 19.7. The fourth-order valence-electron chi connectivity index (χ4n) is 6.41. The van der Waals surface area contributed by atoms with Crippen LogP contribution in [0, 0.1) is 23.2 Å². The van der Waals surface area contributed by atoms with Crippen molar-refractivity contribution < 1.29 is 13.9 Å². The molecule has 0 atom stereocenters. The standard InChI is InChI=1S/C27H32O3/c1-18(2)22-3-5-23(6-4-22)29-17-25-8-7-24(30-25)9-10-26(28)27-14-19-11-20(15-27)13-21(12-19)16-27/h3-10,18-21H,11-17H2,1-2H3/b10-9+. The van der Waals surface area contributed by atoms with Gasteiger partial charge in [-0.25, -0.2) is 0 Å². The van der Waals surface area contributed by atoms with Crippen LogP contribution >= 0.6 is 0 Å². The molecule has 30 heavy (non-hydrogen) atoms. The number of allylic oxidation sites excluding steroid dienone is 1. The summed E-state index contributed by atoms with van der Waals surface area (Å²) in [5.74, 6) is 5.53. The number of carbonyl (C=O) groups is 1. The van der Waals surface area contributed by atoms with Crippen LogP contribution in [0.2, 0.25) is 0 Å². The van der Waals surface area contributed by atoms with Gasteiger partial charge in [-0.1, -0.05) is 26.0 Å². The van der Waals surface area contributed by atoms with Crippen LogP contribution in [0.3, 0.4) is 0 Å². The zero-order valence-corrected chi connectivity index (χ0v) is 18.1. The molecule has 1 heterocycles. The van der Waals surface area contributed by atoms with Gasteiger partial charge >= 0.3 is 0 Å². The summed E-state index contributed by atoms with van der Waals surface area (Å²) in [6.07, 6.45) is 11.0. The van der Waals surface area contributed by atoms with Crippen LogP contribution in [-0.4, -0.2) is 5.78 Å². The number of furan rings is 1. The lowest BCUT2D eigenvalue weighted by atomic mass is 9.48. The van der Waals surface area contributed by atoms with E-state index in [0.717, 1.165) is 54.3 Å². The van der Waals surface area contributed by atoms with Gasteiger partial charge in [0.25, 0.3) is 0 Å². The highest BCUT2D eigenvalue weighted by molar-refractivity contribution is 5.98. The maximum absolute atomic E-state index is 13.1. The summed E-state index contributed by atoms with van der Waals surface area (Å²) >= 11 is 0. The van der Waals surface area contributed by atoms with Gasteiger partial charge in [-0.15, -0.1) is 0 Å². The van der Waals surface area contributed by atoms with Gasteiger partial charge in [0.05, 0.1) is 0 Å². The van der Waals surface area contributed by atoms with Crippen molar-refractivity contribution in [1.82, 2.24) is 0 Å². The minimum atomic E-state index is -0.0774. The lowest BCUT2D eigenvalue weighted by Crippen LogP contribution is -2.49. The minimum absolute atomic E-state index is 0.0774. The molecular formula is C27H32O3. The average Bonchev–Trinajstić information content (AvgIpc) is 3.17. The third kappa shape index (κ3) is 3.87. The molecule has 4 fully saturated rings. The molecule has 158 valence electrons. The van der Waals surface area contributed by atoms with Crippen molar-refractivity contribution in [1.29, 1.82) is 0 Å². The van der Waals surface area contributed by atoms with E-state index in [0.29, 0.717) is 18.3 Å². The molecule has 0 amide bonds. The number of rotatable bonds is 7. The molecule has 0 unspecified atom stereocenters. The van der Waals surface area contributed by atoms with Crippen LogP contribution in [-0.2, 0) is 11.4 Å². The van der Waals surface area contributed by atoms with Gasteiger partial charge in [0, 0.05) is 5.41 Å². The van der Waals surface area contributed by atoms with Gasteiger partial charge in [-0.3, -0.25) is 4.79 Å². The van der Waals surface area contributed by atoms with Crippen molar-refractivity contribution in [2.45, 2.75) is 64.9 Å². The van der Waals surface area contributed by atoms with E-state index in [4.69, 9.17) is 9.15 Å². The van der Waals surface area contributed by atoms with Gasteiger partial charge in [-0.05, 0) is 104 Å². The van der Waals surface area contributed by atoms with Crippen molar-refractivity contribution in [3.8, 4) is 5.75 Å². The number of hydrogen-bond donors (Lipinski definition) is 0. The number of carbonyl (C=O) groups excluding carboxylic acids is 1. The Labute approximate surface area is 179 Å². The molecule has 0 saturated heterocycles. The van der Waals surface area contributed by atoms with E-state index < -0.39 is 0 Å². The van der Waals surface area contributed by atoms with Gasteiger partial charge in [0.15, 0.2) is 5.78 Å². The molecule has 1 aromatic heterocycles. The molecule has 3 nitrogen and oxygen atoms in total. The van der Waals surface area contributed by atoms with Crippen LogP contribution in [0.5, 0.6) is 5.75 Å². The molecule has 2 aromatic rings. The number of ether oxygens (including phenoxy) is 1. The Morgan fingerprint density at radius 2 is 1.67 bits per heavy atom. The summed E-state index contributed by atoms with van der Waals surface area (Å²) in [7, 11) is 0. The molecule has 4 saturated carbocycles. The molecule has 0 spiro atoms. The van der Waals surface area contributed by atoms with E-state index in [1.165, 1.54) is 24.8 Å². The lowest BCUT2D eigenvalue weighted by Gasteiger charge is -2.55. The van der Waals surface area contributed by atoms with E-state index in [1.54, 1.807) is 6.08 Å². The SMILES string of the molecule is CC(C)c1ccc(OCc2ccc(/C=C/C(=O)C34CC5CC(CC(C5)C3)C4)o2)cc1. The molecule has 0 aliphatic heterocycles. The maximum Gasteiger partial charge on any atom is 0.161 e. The van der Waals surface area contributed by atoms with Gasteiger partial charge in [0.1, 0.15) is 23.9 Å². The Hall–Kier alpha value is -2.29. The van der Waals surface area contributed by atoms with Crippen LogP contribution < -0.4 is 4.74 Å². The summed E-state index contributed by atoms with van der Waals surface area (Å²) in [5, 5.41) is 0. The van der Waals surface area contributed by atoms with Gasteiger partial charge < -0.3 is 9.15 Å². The van der Waals surface area contributed by atoms with Crippen LogP contribution in [0.1, 0.15) is 75.4 Å². The average molecular weight is 405 g/mol. The third-order valence-corrected chi connectivity index (χ3v) is 7.57. The van der Waals surface area contributed by atoms with E-state index in [9.17, 15) is 4.79 Å². The second kappa shape index (κ2) is 7.76. The van der Waals surface area contributed by atoms with E-state index in [2.05, 4.69) is 26.0 Å². The number of ketones is 1. The zero-order chi connectivity index (χ0) is 20.7. The summed E-state index contributed by atoms with van der Waals surface area (Å²) in [6, 6.07) is 12.1. The molecule has 4 aliphatic carbocycles. The largest absolute Gasteiger partial charge is 0.486 e. The number of hydrogen-bond acceptors (Lipinski definition) is 3. The predicted octanol–water partition coefficient (Wildman–Crippen LogP) is 6.78. The quantitative estimate of drug-likeness (QED) is 0.477. The minimum Gasteiger partial charge on any atom is -0.486 e. The highest BCUT2D eigenvalue weighted by atomic mass is 16.5. The fourth-order valence-corrected chi connectivity index (χ4v) is 6.41. The highest BCUT2D eigenvalue weighted by Crippen LogP contribution is 2.60. The van der Waals surface area contributed by atoms with Crippen LogP contribution in [0.15, 0.2) is 46.9 Å². The van der Waals surface area contributed by atoms with Crippen molar-refractivity contribution in [2.75, 3.05) is 0 Å². The first-order chi connectivity index (χ1) is 14.5. The predicted molar refractivity (Wildman–Crippen MR) is 118 cm³/mol. The van der Waals surface area contributed by atoms with E-state index in [-0.39, 0.29) is 5.41 Å². The Balaban J connectivity index is 1.19. The summed E-state index contributed by atoms with van der Waals surface area (Å²) < 4.78 is 11.7. The second-order valence-corrected chi connectivity index (χ2v) is 10.2. The van der Waals surface area contributed by atoms with Crippen molar-refractivity contribution in [2.24, 2.45) is 23.2 Å². The molecular weight excluding hydrogens is 372 g/mol. The Kier molecular flexibility index (Phi) is 5.08. The molecule has 0 radical (unpaired) electrons. The van der Waals surface area contributed by atoms with Crippen LogP contribution in [0.4, 0.5) is 0 Å². The summed E-state index contributed by atoms with van der Waals surface area (Å²) in [4.78, 5) is 13.1. The smallest absolute Gasteiger partial charge is 0.161 e. The maximum atomic E-state index is 13.1. The molecule has 1 aromatic carbocycles. The van der Waals surface area contributed by atoms with Crippen LogP contribution in [0.25, 0.3) is 6.08 Å². The molecule has 4 bridgehead atoms. The third-order valence-electron chi connectivity index (χ3n) is 7.57. The van der Waals surface area contributed by atoms with E-state index >= 15 is 0 Å². The topological polar surface area (TPSA) is 39.4 Å². The molecule has 3 heteroatoms. The Morgan fingerprint density at radius 1 is 1.03 bits per heavy atom. The lowest BCUT2D eigenvalue weighted by molar-refractivity contribution is -0.138. The van der Waals surface area contributed by atoms with Crippen molar-refractivity contribution in [3.05, 3.63) is 59.6 Å². The number of benzene rings is 1. The highest BCUT2D eigenvalue weighted by Gasteiger charge is 2.53. The first-order valence-electron chi connectivity index (χ1n) is 11.5. The molecule has 0 N–H and O–H groups in total. The summed E-state index contributed by atoms with van der Waals surface area (Å²) in [5.41, 5.74) is 1.22. The normalized spacial score (nSPS) is 29.8. The first-order valence-corrected chi connectivity index (χ1v) is 11.5.